The Morgan fingerprint density at radius 2 is 1.48 bits per heavy atom. The number of hydrogen-bond acceptors (Lipinski definition) is 1. The van der Waals surface area contributed by atoms with Gasteiger partial charge in [-0.3, -0.25) is 0 Å². The zero-order chi connectivity index (χ0) is 14.4. The van der Waals surface area contributed by atoms with Gasteiger partial charge in [-0.1, -0.05) is 42.0 Å². The topological polar surface area (TPSA) is 13.1 Å². The first-order valence-electron chi connectivity index (χ1n) is 6.99. The zero-order valence-corrected chi connectivity index (χ0v) is 12.9. The van der Waals surface area contributed by atoms with E-state index in [0.29, 0.717) is 0 Å². The van der Waals surface area contributed by atoms with Crippen molar-refractivity contribution in [3.05, 3.63) is 66.2 Å². The van der Waals surface area contributed by atoms with Gasteiger partial charge in [0.15, 0.2) is 0 Å². The van der Waals surface area contributed by atoms with Crippen LogP contribution in [0.25, 0.3) is 33.1 Å². The molecule has 0 saturated carbocycles. The molecule has 0 aliphatic heterocycles. The minimum Gasteiger partial charge on any atom is -0.456 e. The molecule has 1 nitrogen and oxygen atoms in total. The van der Waals surface area contributed by atoms with Crippen LogP contribution in [-0.4, -0.2) is 0 Å². The lowest BCUT2D eigenvalue weighted by molar-refractivity contribution is 0.669. The van der Waals surface area contributed by atoms with Crippen LogP contribution in [0.1, 0.15) is 5.56 Å². The number of furan rings is 1. The molecule has 0 aliphatic rings. The predicted octanol–water partition coefficient (Wildman–Crippen LogP) is 5.06. The van der Waals surface area contributed by atoms with Gasteiger partial charge in [0.05, 0.1) is 0 Å². The largest absolute Gasteiger partial charge is 0.456 e. The van der Waals surface area contributed by atoms with Crippen molar-refractivity contribution in [2.45, 2.75) is 6.92 Å². The van der Waals surface area contributed by atoms with Crippen molar-refractivity contribution in [1.29, 1.82) is 0 Å². The number of hydrogen-bond donors (Lipinski definition) is 0. The quantitative estimate of drug-likeness (QED) is 0.446. The molecule has 0 spiro atoms. The summed E-state index contributed by atoms with van der Waals surface area (Å²) < 4.78 is 5.91. The number of rotatable bonds is 1. The van der Waals surface area contributed by atoms with Crippen molar-refractivity contribution >= 4 is 36.5 Å². The minimum absolute atomic E-state index is 0.942. The Bertz CT molecular complexity index is 966. The van der Waals surface area contributed by atoms with Crippen LogP contribution in [0.15, 0.2) is 65.1 Å². The van der Waals surface area contributed by atoms with E-state index in [1.165, 1.54) is 32.8 Å². The second kappa shape index (κ2) is 4.72. The van der Waals surface area contributed by atoms with Crippen LogP contribution < -0.4 is 5.30 Å². The van der Waals surface area contributed by atoms with Crippen LogP contribution in [-0.2, 0) is 0 Å². The van der Waals surface area contributed by atoms with Crippen molar-refractivity contribution in [3.8, 4) is 11.1 Å². The van der Waals surface area contributed by atoms with Crippen LogP contribution in [0.3, 0.4) is 0 Å². The van der Waals surface area contributed by atoms with Gasteiger partial charge in [-0.25, -0.2) is 0 Å². The van der Waals surface area contributed by atoms with E-state index in [0.717, 1.165) is 11.2 Å². The highest BCUT2D eigenvalue weighted by atomic mass is 31.0. The first kappa shape index (κ1) is 12.6. The smallest absolute Gasteiger partial charge is 0.135 e. The van der Waals surface area contributed by atoms with Gasteiger partial charge in [0, 0.05) is 10.8 Å². The van der Waals surface area contributed by atoms with Crippen molar-refractivity contribution in [2.24, 2.45) is 0 Å². The molecule has 3 aromatic carbocycles. The summed E-state index contributed by atoms with van der Waals surface area (Å²) in [4.78, 5) is 0. The fourth-order valence-corrected chi connectivity index (χ4v) is 3.06. The molecular weight excluding hydrogens is 275 g/mol. The molecule has 0 N–H and O–H groups in total. The fourth-order valence-electron chi connectivity index (χ4n) is 2.80. The summed E-state index contributed by atoms with van der Waals surface area (Å²) in [6.45, 7) is 2.12. The standard InChI is InChI=1S/C19H15OP/c1-12-3-2-4-13(9-12)14-5-7-18-16(10-14)17-11-15(21)6-8-19(17)20-18/h2-11H,21H2,1H3. The number of benzene rings is 3. The van der Waals surface area contributed by atoms with Gasteiger partial charge >= 0.3 is 0 Å². The van der Waals surface area contributed by atoms with Gasteiger partial charge in [0.1, 0.15) is 11.2 Å². The summed E-state index contributed by atoms with van der Waals surface area (Å²) in [5.74, 6) is 0. The molecule has 1 heterocycles. The molecule has 0 radical (unpaired) electrons. The molecule has 4 aromatic rings. The van der Waals surface area contributed by atoms with Crippen LogP contribution in [0.5, 0.6) is 0 Å². The van der Waals surface area contributed by atoms with E-state index in [-0.39, 0.29) is 0 Å². The van der Waals surface area contributed by atoms with E-state index >= 15 is 0 Å². The summed E-state index contributed by atoms with van der Waals surface area (Å²) >= 11 is 0. The molecule has 2 heteroatoms. The maximum atomic E-state index is 5.91. The van der Waals surface area contributed by atoms with Gasteiger partial charge in [0.25, 0.3) is 0 Å². The van der Waals surface area contributed by atoms with Gasteiger partial charge in [-0.05, 0) is 47.6 Å². The molecule has 1 aromatic heterocycles. The maximum absolute atomic E-state index is 5.91. The summed E-state index contributed by atoms with van der Waals surface area (Å²) in [5, 5.41) is 3.52. The van der Waals surface area contributed by atoms with Crippen LogP contribution in [0.2, 0.25) is 0 Å². The van der Waals surface area contributed by atoms with E-state index in [2.05, 4.69) is 70.8 Å². The SMILES string of the molecule is Cc1cccc(-c2ccc3oc4ccc(P)cc4c3c2)c1. The van der Waals surface area contributed by atoms with Gasteiger partial charge in [-0.2, -0.15) is 0 Å². The molecule has 0 fully saturated rings. The van der Waals surface area contributed by atoms with Crippen LogP contribution in [0.4, 0.5) is 0 Å². The Kier molecular flexibility index (Phi) is 2.83. The third-order valence-electron chi connectivity index (χ3n) is 3.84. The Morgan fingerprint density at radius 1 is 0.762 bits per heavy atom. The molecule has 0 bridgehead atoms. The second-order valence-electron chi connectivity index (χ2n) is 5.44. The van der Waals surface area contributed by atoms with E-state index in [4.69, 9.17) is 4.42 Å². The Hall–Kier alpha value is -2.11. The molecule has 102 valence electrons. The average molecular weight is 290 g/mol. The monoisotopic (exact) mass is 290 g/mol. The first-order chi connectivity index (χ1) is 10.2. The Morgan fingerprint density at radius 3 is 2.29 bits per heavy atom. The summed E-state index contributed by atoms with van der Waals surface area (Å²) in [5.41, 5.74) is 5.63. The second-order valence-corrected chi connectivity index (χ2v) is 6.10. The van der Waals surface area contributed by atoms with Gasteiger partial charge in [-0.15, -0.1) is 9.24 Å². The van der Waals surface area contributed by atoms with Crippen LogP contribution >= 0.6 is 9.24 Å². The normalized spacial score (nSPS) is 11.3. The van der Waals surface area contributed by atoms with Crippen molar-refractivity contribution in [3.63, 3.8) is 0 Å². The van der Waals surface area contributed by atoms with E-state index in [9.17, 15) is 0 Å². The van der Waals surface area contributed by atoms with Crippen LogP contribution in [0, 0.1) is 6.92 Å². The molecule has 0 amide bonds. The lowest BCUT2D eigenvalue weighted by atomic mass is 10.0. The molecule has 1 unspecified atom stereocenters. The minimum atomic E-state index is 0.942. The zero-order valence-electron chi connectivity index (χ0n) is 11.8. The molecule has 0 saturated heterocycles. The van der Waals surface area contributed by atoms with E-state index < -0.39 is 0 Å². The Labute approximate surface area is 125 Å². The number of fused-ring (bicyclic) bond motifs is 3. The fraction of sp³-hybridized carbons (Fsp3) is 0.0526. The van der Waals surface area contributed by atoms with Crippen molar-refractivity contribution in [2.75, 3.05) is 0 Å². The first-order valence-corrected chi connectivity index (χ1v) is 7.57. The highest BCUT2D eigenvalue weighted by Crippen LogP contribution is 2.32. The summed E-state index contributed by atoms with van der Waals surface area (Å²) in [7, 11) is 2.75. The average Bonchev–Trinajstić information content (AvgIpc) is 2.84. The number of aryl methyl sites for hydroxylation is 1. The summed E-state index contributed by atoms with van der Waals surface area (Å²) in [6.07, 6.45) is 0. The highest BCUT2D eigenvalue weighted by molar-refractivity contribution is 7.27. The van der Waals surface area contributed by atoms with E-state index in [1.54, 1.807) is 0 Å². The summed E-state index contributed by atoms with van der Waals surface area (Å²) in [6, 6.07) is 21.2. The lowest BCUT2D eigenvalue weighted by Gasteiger charge is -2.03. The van der Waals surface area contributed by atoms with E-state index in [1.807, 2.05) is 6.07 Å². The molecule has 21 heavy (non-hydrogen) atoms. The van der Waals surface area contributed by atoms with Crippen molar-refractivity contribution < 1.29 is 4.42 Å². The lowest BCUT2D eigenvalue weighted by Crippen LogP contribution is -1.86. The highest BCUT2D eigenvalue weighted by Gasteiger charge is 2.08. The third kappa shape index (κ3) is 2.14. The van der Waals surface area contributed by atoms with Crippen molar-refractivity contribution in [1.82, 2.24) is 0 Å². The molecule has 1 atom stereocenters. The molecule has 4 rings (SSSR count). The predicted molar refractivity (Wildman–Crippen MR) is 93.2 cm³/mol. The van der Waals surface area contributed by atoms with Gasteiger partial charge in [0.2, 0.25) is 0 Å². The molecule has 0 aliphatic carbocycles. The Balaban J connectivity index is 2.00. The maximum Gasteiger partial charge on any atom is 0.135 e. The van der Waals surface area contributed by atoms with Gasteiger partial charge < -0.3 is 4.42 Å². The molecular formula is C19H15OP. The third-order valence-corrected chi connectivity index (χ3v) is 4.20.